The van der Waals surface area contributed by atoms with Crippen LogP contribution in [0.4, 0.5) is 22.0 Å². The molecule has 1 aliphatic carbocycles. The SMILES string of the molecule is O=S(=O)(c1c(F)c(F)c(F)c(F)c1F)N(CCO)C1CC1. The van der Waals surface area contributed by atoms with Crippen molar-refractivity contribution in [1.82, 2.24) is 4.31 Å². The summed E-state index contributed by atoms with van der Waals surface area (Å²) in [7, 11) is -4.95. The van der Waals surface area contributed by atoms with Gasteiger partial charge in [0.05, 0.1) is 6.61 Å². The summed E-state index contributed by atoms with van der Waals surface area (Å²) < 4.78 is 91.2. The molecule has 21 heavy (non-hydrogen) atoms. The van der Waals surface area contributed by atoms with Crippen molar-refractivity contribution in [3.63, 3.8) is 0 Å². The van der Waals surface area contributed by atoms with Gasteiger partial charge in [0.15, 0.2) is 28.2 Å². The summed E-state index contributed by atoms with van der Waals surface area (Å²) in [5.74, 6) is -11.9. The van der Waals surface area contributed by atoms with E-state index in [1.807, 2.05) is 0 Å². The molecule has 1 saturated carbocycles. The highest BCUT2D eigenvalue weighted by molar-refractivity contribution is 7.89. The van der Waals surface area contributed by atoms with Crippen LogP contribution in [0.15, 0.2) is 4.90 Å². The summed E-state index contributed by atoms with van der Waals surface area (Å²) in [4.78, 5) is -1.89. The van der Waals surface area contributed by atoms with E-state index < -0.39 is 63.2 Å². The molecule has 1 fully saturated rings. The van der Waals surface area contributed by atoms with Crippen LogP contribution >= 0.6 is 0 Å². The van der Waals surface area contributed by atoms with Crippen molar-refractivity contribution in [2.75, 3.05) is 13.2 Å². The Labute approximate surface area is 116 Å². The quantitative estimate of drug-likeness (QED) is 0.506. The molecule has 0 amide bonds. The fraction of sp³-hybridized carbons (Fsp3) is 0.455. The first-order valence-electron chi connectivity index (χ1n) is 5.87. The number of halogens is 5. The number of hydrogen-bond donors (Lipinski definition) is 1. The molecule has 1 aromatic rings. The molecule has 4 nitrogen and oxygen atoms in total. The molecular weight excluding hydrogens is 321 g/mol. The van der Waals surface area contributed by atoms with Gasteiger partial charge in [0.25, 0.3) is 0 Å². The molecule has 0 heterocycles. The normalized spacial score (nSPS) is 15.8. The van der Waals surface area contributed by atoms with Gasteiger partial charge < -0.3 is 5.11 Å². The molecule has 0 aromatic heterocycles. The maximum Gasteiger partial charge on any atom is 0.249 e. The first-order chi connectivity index (χ1) is 9.73. The van der Waals surface area contributed by atoms with Gasteiger partial charge in [0, 0.05) is 12.6 Å². The van der Waals surface area contributed by atoms with E-state index >= 15 is 0 Å². The predicted octanol–water partition coefficient (Wildman–Crippen LogP) is 1.53. The van der Waals surface area contributed by atoms with Crippen LogP contribution < -0.4 is 0 Å². The molecule has 0 aliphatic heterocycles. The standard InChI is InChI=1S/C11H10F5NO3S/c12-6-7(13)9(15)11(10(16)8(6)14)21(19,20)17(3-4-18)5-1-2-5/h5,18H,1-4H2. The Morgan fingerprint density at radius 2 is 1.38 bits per heavy atom. The molecule has 0 bridgehead atoms. The van der Waals surface area contributed by atoms with E-state index in [1.54, 1.807) is 0 Å². The van der Waals surface area contributed by atoms with Gasteiger partial charge in [-0.05, 0) is 12.8 Å². The van der Waals surface area contributed by atoms with Gasteiger partial charge in [0.2, 0.25) is 15.8 Å². The molecule has 2 rings (SSSR count). The number of aliphatic hydroxyl groups excluding tert-OH is 1. The van der Waals surface area contributed by atoms with Crippen LogP contribution in [0.2, 0.25) is 0 Å². The van der Waals surface area contributed by atoms with Gasteiger partial charge >= 0.3 is 0 Å². The highest BCUT2D eigenvalue weighted by atomic mass is 32.2. The lowest BCUT2D eigenvalue weighted by Crippen LogP contribution is -2.37. The van der Waals surface area contributed by atoms with E-state index in [-0.39, 0.29) is 0 Å². The van der Waals surface area contributed by atoms with Gasteiger partial charge in [-0.15, -0.1) is 0 Å². The number of aliphatic hydroxyl groups is 1. The van der Waals surface area contributed by atoms with Crippen LogP contribution in [0.3, 0.4) is 0 Å². The van der Waals surface area contributed by atoms with Gasteiger partial charge in [-0.3, -0.25) is 0 Å². The maximum absolute atomic E-state index is 13.6. The topological polar surface area (TPSA) is 57.6 Å². The molecule has 1 N–H and O–H groups in total. The summed E-state index contributed by atoms with van der Waals surface area (Å²) in [6, 6.07) is -0.614. The Balaban J connectivity index is 2.64. The van der Waals surface area contributed by atoms with Gasteiger partial charge in [-0.1, -0.05) is 0 Å². The van der Waals surface area contributed by atoms with Crippen molar-refractivity contribution in [3.8, 4) is 0 Å². The van der Waals surface area contributed by atoms with E-state index in [1.165, 1.54) is 0 Å². The smallest absolute Gasteiger partial charge is 0.249 e. The second-order valence-corrected chi connectivity index (χ2v) is 6.30. The number of hydrogen-bond acceptors (Lipinski definition) is 3. The van der Waals surface area contributed by atoms with Crippen LogP contribution in [0, 0.1) is 29.1 Å². The first-order valence-corrected chi connectivity index (χ1v) is 7.31. The fourth-order valence-electron chi connectivity index (χ4n) is 1.89. The molecule has 0 spiro atoms. The second kappa shape index (κ2) is 5.50. The summed E-state index contributed by atoms with van der Waals surface area (Å²) in [5, 5.41) is 8.81. The predicted molar refractivity (Wildman–Crippen MR) is 60.2 cm³/mol. The molecule has 1 aromatic carbocycles. The van der Waals surface area contributed by atoms with E-state index in [9.17, 15) is 30.4 Å². The van der Waals surface area contributed by atoms with Crippen molar-refractivity contribution >= 4 is 10.0 Å². The number of nitrogens with zero attached hydrogens (tertiary/aromatic N) is 1. The highest BCUT2D eigenvalue weighted by Gasteiger charge is 2.42. The van der Waals surface area contributed by atoms with Crippen LogP contribution in [-0.2, 0) is 10.0 Å². The lowest BCUT2D eigenvalue weighted by atomic mass is 10.3. The minimum atomic E-state index is -4.95. The molecule has 0 radical (unpaired) electrons. The summed E-state index contributed by atoms with van der Waals surface area (Å²) in [6.45, 7) is -1.14. The van der Waals surface area contributed by atoms with E-state index in [2.05, 4.69) is 0 Å². The monoisotopic (exact) mass is 331 g/mol. The average Bonchev–Trinajstić information content (AvgIpc) is 3.24. The largest absolute Gasteiger partial charge is 0.395 e. The summed E-state index contributed by atoms with van der Waals surface area (Å²) >= 11 is 0. The Morgan fingerprint density at radius 3 is 1.76 bits per heavy atom. The lowest BCUT2D eigenvalue weighted by Gasteiger charge is -2.21. The maximum atomic E-state index is 13.6. The fourth-order valence-corrected chi connectivity index (χ4v) is 3.68. The number of sulfonamides is 1. The minimum Gasteiger partial charge on any atom is -0.395 e. The zero-order valence-electron chi connectivity index (χ0n) is 10.4. The number of benzene rings is 1. The molecule has 1 aliphatic rings. The van der Waals surface area contributed by atoms with Crippen molar-refractivity contribution in [1.29, 1.82) is 0 Å². The van der Waals surface area contributed by atoms with E-state index in [0.717, 1.165) is 0 Å². The zero-order valence-corrected chi connectivity index (χ0v) is 11.2. The van der Waals surface area contributed by atoms with Crippen molar-refractivity contribution in [3.05, 3.63) is 29.1 Å². The zero-order chi connectivity index (χ0) is 15.9. The van der Waals surface area contributed by atoms with Gasteiger partial charge in [-0.2, -0.15) is 4.31 Å². The Morgan fingerprint density at radius 1 is 0.952 bits per heavy atom. The molecule has 0 atom stereocenters. The van der Waals surface area contributed by atoms with Crippen molar-refractivity contribution < 1.29 is 35.5 Å². The van der Waals surface area contributed by atoms with Crippen LogP contribution in [0.5, 0.6) is 0 Å². The second-order valence-electron chi connectivity index (χ2n) is 4.47. The van der Waals surface area contributed by atoms with Crippen LogP contribution in [0.1, 0.15) is 12.8 Å². The van der Waals surface area contributed by atoms with E-state index in [0.29, 0.717) is 17.1 Å². The lowest BCUT2D eigenvalue weighted by molar-refractivity contribution is 0.249. The molecular formula is C11H10F5NO3S. The molecule has 10 heteroatoms. The Bertz CT molecular complexity index is 646. The molecule has 0 unspecified atom stereocenters. The summed E-state index contributed by atoms with van der Waals surface area (Å²) in [6.07, 6.45) is 0.767. The summed E-state index contributed by atoms with van der Waals surface area (Å²) in [5.41, 5.74) is 0. The molecule has 118 valence electrons. The molecule has 0 saturated heterocycles. The Kier molecular flexibility index (Phi) is 4.22. The van der Waals surface area contributed by atoms with Crippen molar-refractivity contribution in [2.24, 2.45) is 0 Å². The highest BCUT2D eigenvalue weighted by Crippen LogP contribution is 2.35. The third kappa shape index (κ3) is 2.62. The third-order valence-corrected chi connectivity index (χ3v) is 4.98. The number of rotatable bonds is 5. The van der Waals surface area contributed by atoms with Crippen molar-refractivity contribution in [2.45, 2.75) is 23.8 Å². The van der Waals surface area contributed by atoms with E-state index in [4.69, 9.17) is 5.11 Å². The van der Waals surface area contributed by atoms with Crippen LogP contribution in [-0.4, -0.2) is 37.0 Å². The van der Waals surface area contributed by atoms with Gasteiger partial charge in [-0.25, -0.2) is 30.4 Å². The average molecular weight is 331 g/mol. The first kappa shape index (κ1) is 16.1. The van der Waals surface area contributed by atoms with Gasteiger partial charge in [0.1, 0.15) is 0 Å². The van der Waals surface area contributed by atoms with Crippen LogP contribution in [0.25, 0.3) is 0 Å². The Hall–Kier alpha value is -1.26. The minimum absolute atomic E-state index is 0.384. The third-order valence-electron chi connectivity index (χ3n) is 3.01.